The molecule has 5 heteroatoms. The second kappa shape index (κ2) is 8.82. The number of rotatable bonds is 5. The Hall–Kier alpha value is -2.66. The van der Waals surface area contributed by atoms with Crippen LogP contribution in [-0.2, 0) is 4.79 Å². The molecule has 0 bridgehead atoms. The predicted octanol–water partition coefficient (Wildman–Crippen LogP) is 1.79. The van der Waals surface area contributed by atoms with Gasteiger partial charge in [-0.15, -0.1) is 0 Å². The minimum absolute atomic E-state index is 0.0186. The molecule has 1 saturated heterocycles. The molecule has 3 rings (SSSR count). The lowest BCUT2D eigenvalue weighted by atomic mass is 10.0. The van der Waals surface area contributed by atoms with E-state index in [1.54, 1.807) is 0 Å². The number of hydrogen-bond acceptors (Lipinski definition) is 2. The number of amides is 2. The summed E-state index contributed by atoms with van der Waals surface area (Å²) in [5, 5.41) is 2.97. The van der Waals surface area contributed by atoms with E-state index in [1.165, 1.54) is 10.5 Å². The van der Waals surface area contributed by atoms with Crippen molar-refractivity contribution in [1.82, 2.24) is 4.90 Å². The van der Waals surface area contributed by atoms with Crippen molar-refractivity contribution in [2.24, 2.45) is 0 Å². The summed E-state index contributed by atoms with van der Waals surface area (Å²) in [6.07, 6.45) is 0. The Kier molecular flexibility index (Phi) is 6.24. The zero-order valence-electron chi connectivity index (χ0n) is 16.1. The predicted molar refractivity (Wildman–Crippen MR) is 107 cm³/mol. The van der Waals surface area contributed by atoms with Crippen LogP contribution in [0.25, 0.3) is 0 Å². The fourth-order valence-electron chi connectivity index (χ4n) is 3.35. The number of hydrogen-bond donors (Lipinski definition) is 2. The Morgan fingerprint density at radius 3 is 2.22 bits per heavy atom. The number of anilines is 1. The molecular formula is C22H28N3O2+. The maximum Gasteiger partial charge on any atom is 0.279 e. The quantitative estimate of drug-likeness (QED) is 0.848. The van der Waals surface area contributed by atoms with Gasteiger partial charge in [0, 0.05) is 11.3 Å². The number of nitrogens with zero attached hydrogens (tertiary/aromatic N) is 1. The van der Waals surface area contributed by atoms with Gasteiger partial charge in [-0.05, 0) is 35.7 Å². The lowest BCUT2D eigenvalue weighted by molar-refractivity contribution is -0.895. The average Bonchev–Trinajstić information content (AvgIpc) is 2.69. The summed E-state index contributed by atoms with van der Waals surface area (Å²) in [5.41, 5.74) is 2.82. The first-order chi connectivity index (χ1) is 13.0. The number of benzene rings is 2. The first kappa shape index (κ1) is 19.1. The van der Waals surface area contributed by atoms with Crippen LogP contribution in [0.15, 0.2) is 54.6 Å². The second-order valence-corrected chi connectivity index (χ2v) is 7.41. The van der Waals surface area contributed by atoms with Crippen molar-refractivity contribution < 1.29 is 14.5 Å². The van der Waals surface area contributed by atoms with Gasteiger partial charge in [-0.1, -0.05) is 44.2 Å². The molecule has 0 saturated carbocycles. The summed E-state index contributed by atoms with van der Waals surface area (Å²) in [4.78, 5) is 27.9. The molecule has 2 N–H and O–H groups in total. The molecule has 2 aromatic carbocycles. The van der Waals surface area contributed by atoms with Gasteiger partial charge in [0.05, 0.1) is 26.2 Å². The third-order valence-electron chi connectivity index (χ3n) is 5.05. The Labute approximate surface area is 161 Å². The molecule has 27 heavy (non-hydrogen) atoms. The van der Waals surface area contributed by atoms with E-state index < -0.39 is 0 Å². The van der Waals surface area contributed by atoms with E-state index >= 15 is 0 Å². The Bertz CT molecular complexity index is 764. The smallest absolute Gasteiger partial charge is 0.279 e. The summed E-state index contributed by atoms with van der Waals surface area (Å²) in [6.45, 7) is 7.67. The van der Waals surface area contributed by atoms with Crippen LogP contribution < -0.4 is 10.2 Å². The van der Waals surface area contributed by atoms with Crippen LogP contribution in [0, 0.1) is 0 Å². The normalized spacial score (nSPS) is 15.0. The van der Waals surface area contributed by atoms with Crippen LogP contribution in [0.4, 0.5) is 5.69 Å². The maximum absolute atomic E-state index is 12.5. The molecule has 5 nitrogen and oxygen atoms in total. The number of carbonyl (C=O) groups is 2. The van der Waals surface area contributed by atoms with E-state index in [9.17, 15) is 9.59 Å². The van der Waals surface area contributed by atoms with Crippen molar-refractivity contribution in [2.75, 3.05) is 38.0 Å². The highest BCUT2D eigenvalue weighted by Gasteiger charge is 2.25. The van der Waals surface area contributed by atoms with Crippen LogP contribution in [0.2, 0.25) is 0 Å². The third-order valence-corrected chi connectivity index (χ3v) is 5.05. The third kappa shape index (κ3) is 5.17. The molecule has 142 valence electrons. The van der Waals surface area contributed by atoms with Gasteiger partial charge in [0.1, 0.15) is 0 Å². The highest BCUT2D eigenvalue weighted by molar-refractivity contribution is 5.94. The minimum Gasteiger partial charge on any atom is -0.327 e. The van der Waals surface area contributed by atoms with E-state index in [2.05, 4.69) is 31.3 Å². The van der Waals surface area contributed by atoms with Gasteiger partial charge in [-0.25, -0.2) is 0 Å². The number of quaternary nitrogens is 1. The molecule has 1 aliphatic rings. The number of nitrogens with one attached hydrogen (secondary N) is 2. The van der Waals surface area contributed by atoms with Gasteiger partial charge in [0.25, 0.3) is 11.8 Å². The lowest BCUT2D eigenvalue weighted by Gasteiger charge is -2.32. The second-order valence-electron chi connectivity index (χ2n) is 7.41. The van der Waals surface area contributed by atoms with Crippen LogP contribution >= 0.6 is 0 Å². The Balaban J connectivity index is 1.46. The van der Waals surface area contributed by atoms with E-state index in [4.69, 9.17) is 0 Å². The zero-order valence-corrected chi connectivity index (χ0v) is 16.1. The van der Waals surface area contributed by atoms with E-state index in [-0.39, 0.29) is 11.8 Å². The summed E-state index contributed by atoms with van der Waals surface area (Å²) in [5.74, 6) is 0.573. The van der Waals surface area contributed by atoms with E-state index in [0.717, 1.165) is 24.3 Å². The monoisotopic (exact) mass is 366 g/mol. The number of piperazine rings is 1. The van der Waals surface area contributed by atoms with E-state index in [0.29, 0.717) is 25.6 Å². The van der Waals surface area contributed by atoms with Crippen molar-refractivity contribution in [3.63, 3.8) is 0 Å². The Morgan fingerprint density at radius 2 is 1.63 bits per heavy atom. The highest BCUT2D eigenvalue weighted by Crippen LogP contribution is 2.16. The van der Waals surface area contributed by atoms with Gasteiger partial charge in [0.2, 0.25) is 0 Å². The topological polar surface area (TPSA) is 53.9 Å². The zero-order chi connectivity index (χ0) is 19.2. The van der Waals surface area contributed by atoms with Crippen molar-refractivity contribution in [2.45, 2.75) is 19.8 Å². The highest BCUT2D eigenvalue weighted by atomic mass is 16.2. The van der Waals surface area contributed by atoms with Crippen LogP contribution in [0.1, 0.15) is 35.7 Å². The Morgan fingerprint density at radius 1 is 1.00 bits per heavy atom. The largest absolute Gasteiger partial charge is 0.327 e. The van der Waals surface area contributed by atoms with Crippen molar-refractivity contribution in [3.05, 3.63) is 65.7 Å². The van der Waals surface area contributed by atoms with Gasteiger partial charge < -0.3 is 15.1 Å². The van der Waals surface area contributed by atoms with Crippen molar-refractivity contribution in [3.8, 4) is 0 Å². The van der Waals surface area contributed by atoms with Crippen LogP contribution in [-0.4, -0.2) is 49.4 Å². The SMILES string of the molecule is CC(C)c1ccc(NC(=O)C[NH+]2CCN(C(=O)c3ccccc3)CC2)cc1. The fraction of sp³-hybridized carbons (Fsp3) is 0.364. The van der Waals surface area contributed by atoms with Crippen LogP contribution in [0.3, 0.4) is 0 Å². The molecule has 1 aliphatic heterocycles. The van der Waals surface area contributed by atoms with Crippen molar-refractivity contribution >= 4 is 17.5 Å². The number of carbonyl (C=O) groups excluding carboxylic acids is 2. The lowest BCUT2D eigenvalue weighted by Crippen LogP contribution is -3.15. The van der Waals surface area contributed by atoms with Gasteiger partial charge in [-0.2, -0.15) is 0 Å². The molecule has 2 amide bonds. The molecule has 0 unspecified atom stereocenters. The first-order valence-corrected chi connectivity index (χ1v) is 9.60. The summed E-state index contributed by atoms with van der Waals surface area (Å²) >= 11 is 0. The molecule has 0 aromatic heterocycles. The van der Waals surface area contributed by atoms with E-state index in [1.807, 2.05) is 47.4 Å². The molecule has 1 heterocycles. The molecule has 0 spiro atoms. The molecule has 2 aromatic rings. The fourth-order valence-corrected chi connectivity index (χ4v) is 3.35. The average molecular weight is 366 g/mol. The molecule has 0 atom stereocenters. The van der Waals surface area contributed by atoms with Crippen LogP contribution in [0.5, 0.6) is 0 Å². The molecule has 1 fully saturated rings. The van der Waals surface area contributed by atoms with Gasteiger partial charge in [0.15, 0.2) is 6.54 Å². The summed E-state index contributed by atoms with van der Waals surface area (Å²) in [6, 6.07) is 17.4. The molecule has 0 radical (unpaired) electrons. The standard InChI is InChI=1S/C22H27N3O2/c1-17(2)18-8-10-20(11-9-18)23-21(26)16-24-12-14-25(15-13-24)22(27)19-6-4-3-5-7-19/h3-11,17H,12-16H2,1-2H3,(H,23,26)/p+1. The summed E-state index contributed by atoms with van der Waals surface area (Å²) in [7, 11) is 0. The van der Waals surface area contributed by atoms with Gasteiger partial charge in [-0.3, -0.25) is 9.59 Å². The minimum atomic E-state index is 0.0186. The van der Waals surface area contributed by atoms with Gasteiger partial charge >= 0.3 is 0 Å². The summed E-state index contributed by atoms with van der Waals surface area (Å²) < 4.78 is 0. The molecular weight excluding hydrogens is 338 g/mol. The van der Waals surface area contributed by atoms with Crippen molar-refractivity contribution in [1.29, 1.82) is 0 Å². The molecule has 0 aliphatic carbocycles. The maximum atomic E-state index is 12.5. The first-order valence-electron chi connectivity index (χ1n) is 9.60.